The first-order chi connectivity index (χ1) is 8.45. The molecule has 0 radical (unpaired) electrons. The maximum absolute atomic E-state index is 10.8. The van der Waals surface area contributed by atoms with Crippen LogP contribution in [0.3, 0.4) is 0 Å². The van der Waals surface area contributed by atoms with Crippen molar-refractivity contribution >= 4 is 31.3 Å². The summed E-state index contributed by atoms with van der Waals surface area (Å²) in [6.45, 7) is 10.4. The van der Waals surface area contributed by atoms with Gasteiger partial charge in [0.1, 0.15) is 10.8 Å². The van der Waals surface area contributed by atoms with Gasteiger partial charge >= 0.3 is 0 Å². The maximum Gasteiger partial charge on any atom is 0.290 e. The number of anilines is 1. The van der Waals surface area contributed by atoms with E-state index in [-0.39, 0.29) is 21.4 Å². The summed E-state index contributed by atoms with van der Waals surface area (Å²) in [6, 6.07) is 2.67. The second-order valence-electron chi connectivity index (χ2n) is 5.96. The number of benzene rings is 1. The Labute approximate surface area is 119 Å². The van der Waals surface area contributed by atoms with Crippen molar-refractivity contribution in [1.29, 1.82) is 0 Å². The lowest BCUT2D eigenvalue weighted by Crippen LogP contribution is -2.44. The molecule has 0 aromatic heterocycles. The number of nitro benzene ring substituents is 1. The predicted octanol–water partition coefficient (Wildman–Crippen LogP) is 4.21. The van der Waals surface area contributed by atoms with Gasteiger partial charge in [0.2, 0.25) is 0 Å². The molecule has 1 aromatic carbocycles. The highest BCUT2D eigenvalue weighted by molar-refractivity contribution is 6.74. The van der Waals surface area contributed by atoms with Crippen LogP contribution in [0.2, 0.25) is 23.2 Å². The van der Waals surface area contributed by atoms with Gasteiger partial charge in [0, 0.05) is 12.1 Å². The van der Waals surface area contributed by atoms with E-state index >= 15 is 0 Å². The summed E-state index contributed by atoms with van der Waals surface area (Å²) in [4.78, 5) is 10.2. The van der Waals surface area contributed by atoms with Crippen molar-refractivity contribution in [1.82, 2.24) is 0 Å². The summed E-state index contributed by atoms with van der Waals surface area (Å²) >= 11 is 5.88. The third-order valence-corrected chi connectivity index (χ3v) is 8.09. The van der Waals surface area contributed by atoms with Crippen molar-refractivity contribution < 1.29 is 9.35 Å². The molecule has 0 bridgehead atoms. The highest BCUT2D eigenvalue weighted by Crippen LogP contribution is 2.41. The predicted molar refractivity (Wildman–Crippen MR) is 80.3 cm³/mol. The van der Waals surface area contributed by atoms with Crippen LogP contribution in [0.1, 0.15) is 20.8 Å². The topological polar surface area (TPSA) is 78.4 Å². The average Bonchev–Trinajstić information content (AvgIpc) is 2.20. The van der Waals surface area contributed by atoms with E-state index in [0.29, 0.717) is 5.75 Å². The second-order valence-corrected chi connectivity index (χ2v) is 11.1. The molecule has 1 aromatic rings. The van der Waals surface area contributed by atoms with E-state index in [1.54, 1.807) is 0 Å². The molecule has 1 rings (SSSR count). The minimum atomic E-state index is -2.05. The van der Waals surface area contributed by atoms with Crippen molar-refractivity contribution in [3.8, 4) is 5.75 Å². The first kappa shape index (κ1) is 15.8. The summed E-state index contributed by atoms with van der Waals surface area (Å²) in [6.07, 6.45) is 0. The van der Waals surface area contributed by atoms with Crippen LogP contribution in [-0.4, -0.2) is 13.2 Å². The molecule has 0 aliphatic carbocycles. The molecule has 0 saturated heterocycles. The summed E-state index contributed by atoms with van der Waals surface area (Å²) in [7, 11) is -2.05. The van der Waals surface area contributed by atoms with Crippen LogP contribution < -0.4 is 10.2 Å². The lowest BCUT2D eigenvalue weighted by atomic mass is 10.2. The fourth-order valence-electron chi connectivity index (χ4n) is 1.22. The Balaban J connectivity index is 3.18. The minimum absolute atomic E-state index is 0.00763. The van der Waals surface area contributed by atoms with Gasteiger partial charge in [-0.3, -0.25) is 10.1 Å². The number of nitrogen functional groups attached to an aromatic ring is 1. The number of nitrogens with zero attached hydrogens (tertiary/aromatic N) is 1. The molecule has 5 nitrogen and oxygen atoms in total. The lowest BCUT2D eigenvalue weighted by molar-refractivity contribution is -0.384. The fourth-order valence-corrected chi connectivity index (χ4v) is 2.47. The molecule has 0 saturated carbocycles. The van der Waals surface area contributed by atoms with Crippen molar-refractivity contribution in [2.24, 2.45) is 0 Å². The van der Waals surface area contributed by atoms with E-state index in [2.05, 4.69) is 33.9 Å². The van der Waals surface area contributed by atoms with Crippen molar-refractivity contribution in [3.05, 3.63) is 27.3 Å². The SMILES string of the molecule is CC(C)(C)[Si](C)(C)Oc1cc(Cl)c([N+](=O)[O-])cc1N. The molecular weight excluding hydrogens is 284 g/mol. The van der Waals surface area contributed by atoms with Gasteiger partial charge in [-0.15, -0.1) is 0 Å². The molecule has 19 heavy (non-hydrogen) atoms. The number of hydrogen-bond acceptors (Lipinski definition) is 4. The van der Waals surface area contributed by atoms with Crippen LogP contribution in [0.5, 0.6) is 5.75 Å². The molecule has 2 N–H and O–H groups in total. The van der Waals surface area contributed by atoms with E-state index in [0.717, 1.165) is 0 Å². The smallest absolute Gasteiger partial charge is 0.290 e. The zero-order valence-corrected chi connectivity index (χ0v) is 13.5. The van der Waals surface area contributed by atoms with Gasteiger partial charge in [-0.05, 0) is 18.1 Å². The van der Waals surface area contributed by atoms with Gasteiger partial charge in [0.15, 0.2) is 0 Å². The highest BCUT2D eigenvalue weighted by atomic mass is 35.5. The molecule has 0 spiro atoms. The van der Waals surface area contributed by atoms with E-state index in [9.17, 15) is 10.1 Å². The van der Waals surface area contributed by atoms with Gasteiger partial charge in [-0.25, -0.2) is 0 Å². The standard InChI is InChI=1S/C12H19ClN2O3Si/c1-12(2,3)19(4,5)18-11-6-8(13)10(15(16)17)7-9(11)14/h6-7H,14H2,1-5H3. The van der Waals surface area contributed by atoms with E-state index < -0.39 is 13.2 Å². The van der Waals surface area contributed by atoms with Gasteiger partial charge in [0.05, 0.1) is 10.6 Å². The van der Waals surface area contributed by atoms with Crippen LogP contribution in [0, 0.1) is 10.1 Å². The molecule has 0 aliphatic rings. The third-order valence-electron chi connectivity index (χ3n) is 3.45. The Morgan fingerprint density at radius 2 is 1.89 bits per heavy atom. The van der Waals surface area contributed by atoms with E-state index in [1.165, 1.54) is 12.1 Å². The minimum Gasteiger partial charge on any atom is -0.542 e. The highest BCUT2D eigenvalue weighted by Gasteiger charge is 2.39. The molecule has 0 unspecified atom stereocenters. The van der Waals surface area contributed by atoms with Crippen molar-refractivity contribution in [2.45, 2.75) is 38.9 Å². The van der Waals surface area contributed by atoms with Crippen LogP contribution >= 0.6 is 11.6 Å². The molecule has 0 heterocycles. The van der Waals surface area contributed by atoms with Gasteiger partial charge in [0.25, 0.3) is 14.0 Å². The molecule has 0 amide bonds. The first-order valence-corrected chi connectivity index (χ1v) is 9.17. The van der Waals surface area contributed by atoms with Gasteiger partial charge < -0.3 is 10.2 Å². The van der Waals surface area contributed by atoms with Crippen LogP contribution in [0.25, 0.3) is 0 Å². The zero-order valence-electron chi connectivity index (χ0n) is 11.8. The second kappa shape index (κ2) is 5.01. The molecule has 0 atom stereocenters. The maximum atomic E-state index is 10.8. The molecule has 0 aliphatic heterocycles. The monoisotopic (exact) mass is 302 g/mol. The van der Waals surface area contributed by atoms with Crippen molar-refractivity contribution in [2.75, 3.05) is 5.73 Å². The summed E-state index contributed by atoms with van der Waals surface area (Å²) in [5.74, 6) is 0.419. The fraction of sp³-hybridized carbons (Fsp3) is 0.500. The molecule has 0 fully saturated rings. The Morgan fingerprint density at radius 3 is 2.32 bits per heavy atom. The van der Waals surface area contributed by atoms with Crippen molar-refractivity contribution in [3.63, 3.8) is 0 Å². The normalized spacial score (nSPS) is 12.3. The third kappa shape index (κ3) is 3.39. The number of nitrogens with two attached hydrogens (primary N) is 1. The number of hydrogen-bond donors (Lipinski definition) is 1. The Hall–Kier alpha value is -1.27. The Bertz CT molecular complexity index is 512. The number of halogens is 1. The summed E-state index contributed by atoms with van der Waals surface area (Å²) in [5, 5.41) is 10.8. The van der Waals surface area contributed by atoms with Crippen LogP contribution in [-0.2, 0) is 0 Å². The Kier molecular flexibility index (Phi) is 4.16. The van der Waals surface area contributed by atoms with Gasteiger partial charge in [-0.1, -0.05) is 32.4 Å². The molecular formula is C12H19ClN2O3Si. The lowest BCUT2D eigenvalue weighted by Gasteiger charge is -2.36. The zero-order chi connectivity index (χ0) is 15.0. The summed E-state index contributed by atoms with van der Waals surface area (Å²) in [5.41, 5.74) is 5.84. The summed E-state index contributed by atoms with van der Waals surface area (Å²) < 4.78 is 6.02. The molecule has 106 valence electrons. The number of nitro groups is 1. The van der Waals surface area contributed by atoms with E-state index in [1.807, 2.05) is 0 Å². The average molecular weight is 303 g/mol. The quantitative estimate of drug-likeness (QED) is 0.392. The largest absolute Gasteiger partial charge is 0.542 e. The van der Waals surface area contributed by atoms with E-state index in [4.69, 9.17) is 21.8 Å². The van der Waals surface area contributed by atoms with Gasteiger partial charge in [-0.2, -0.15) is 0 Å². The first-order valence-electron chi connectivity index (χ1n) is 5.88. The Morgan fingerprint density at radius 1 is 1.37 bits per heavy atom. The van der Waals surface area contributed by atoms with Crippen LogP contribution in [0.4, 0.5) is 11.4 Å². The number of rotatable bonds is 3. The molecule has 7 heteroatoms. The van der Waals surface area contributed by atoms with Crippen LogP contribution in [0.15, 0.2) is 12.1 Å².